The fourth-order valence-corrected chi connectivity index (χ4v) is 2.64. The van der Waals surface area contributed by atoms with Gasteiger partial charge in [0, 0.05) is 26.7 Å². The highest BCUT2D eigenvalue weighted by molar-refractivity contribution is 5.80. The van der Waals surface area contributed by atoms with Gasteiger partial charge in [0.1, 0.15) is 5.82 Å². The van der Waals surface area contributed by atoms with Gasteiger partial charge < -0.3 is 10.2 Å². The summed E-state index contributed by atoms with van der Waals surface area (Å²) in [5.41, 5.74) is 1.37. The van der Waals surface area contributed by atoms with Crippen molar-refractivity contribution >= 4 is 5.96 Å². The molecule has 1 aliphatic rings. The molecule has 1 N–H and O–H groups in total. The van der Waals surface area contributed by atoms with Crippen molar-refractivity contribution in [2.75, 3.05) is 26.7 Å². The maximum absolute atomic E-state index is 13.1. The van der Waals surface area contributed by atoms with Crippen LogP contribution in [0, 0.1) is 11.2 Å². The molecule has 0 aliphatic carbocycles. The molecular formula is C16H24FN3. The van der Waals surface area contributed by atoms with E-state index in [0.717, 1.165) is 37.6 Å². The molecule has 2 rings (SSSR count). The molecule has 1 heterocycles. The lowest BCUT2D eigenvalue weighted by molar-refractivity contribution is 0.370. The third-order valence-corrected chi connectivity index (χ3v) is 3.77. The van der Waals surface area contributed by atoms with Gasteiger partial charge in [0.15, 0.2) is 5.96 Å². The zero-order valence-corrected chi connectivity index (χ0v) is 12.6. The van der Waals surface area contributed by atoms with Gasteiger partial charge in [-0.3, -0.25) is 4.99 Å². The molecule has 0 aromatic heterocycles. The molecule has 0 atom stereocenters. The highest BCUT2D eigenvalue weighted by Crippen LogP contribution is 2.28. The summed E-state index contributed by atoms with van der Waals surface area (Å²) in [6, 6.07) is 6.76. The summed E-state index contributed by atoms with van der Waals surface area (Å²) in [4.78, 5) is 6.64. The van der Waals surface area contributed by atoms with Crippen LogP contribution in [-0.4, -0.2) is 37.5 Å². The van der Waals surface area contributed by atoms with E-state index in [4.69, 9.17) is 0 Å². The van der Waals surface area contributed by atoms with Gasteiger partial charge in [0.05, 0.1) is 0 Å². The Balaban J connectivity index is 1.83. The molecule has 1 aromatic rings. The molecule has 0 amide bonds. The Morgan fingerprint density at radius 1 is 1.45 bits per heavy atom. The van der Waals surface area contributed by atoms with E-state index in [2.05, 4.69) is 29.1 Å². The predicted octanol–water partition coefficient (Wildman–Crippen LogP) is 2.68. The lowest BCUT2D eigenvalue weighted by Crippen LogP contribution is -2.41. The molecule has 0 saturated carbocycles. The molecule has 0 radical (unpaired) electrons. The van der Waals surface area contributed by atoms with Crippen molar-refractivity contribution in [3.05, 3.63) is 35.6 Å². The van der Waals surface area contributed by atoms with Crippen LogP contribution in [0.3, 0.4) is 0 Å². The number of benzene rings is 1. The van der Waals surface area contributed by atoms with Crippen LogP contribution in [0.4, 0.5) is 4.39 Å². The standard InChI is InChI=1S/C16H24FN3/c1-16(2)8-10-20(12-16)15(18-3)19-9-7-13-5-4-6-14(17)11-13/h4-6,11H,7-10,12H2,1-3H3,(H,18,19). The van der Waals surface area contributed by atoms with Gasteiger partial charge in [-0.1, -0.05) is 26.0 Å². The van der Waals surface area contributed by atoms with Gasteiger partial charge in [-0.15, -0.1) is 0 Å². The molecule has 0 spiro atoms. The molecule has 1 aromatic carbocycles. The van der Waals surface area contributed by atoms with Crippen LogP contribution in [-0.2, 0) is 6.42 Å². The summed E-state index contributed by atoms with van der Waals surface area (Å²) >= 11 is 0. The molecular weight excluding hydrogens is 253 g/mol. The molecule has 1 aliphatic heterocycles. The first-order valence-electron chi connectivity index (χ1n) is 7.20. The summed E-state index contributed by atoms with van der Waals surface area (Å²) in [5.74, 6) is 0.778. The Bertz CT molecular complexity index is 482. The quantitative estimate of drug-likeness (QED) is 0.679. The van der Waals surface area contributed by atoms with Crippen LogP contribution < -0.4 is 5.32 Å². The molecule has 1 saturated heterocycles. The minimum absolute atomic E-state index is 0.173. The van der Waals surface area contributed by atoms with E-state index in [-0.39, 0.29) is 5.82 Å². The number of rotatable bonds is 3. The number of guanidine groups is 1. The Morgan fingerprint density at radius 3 is 2.85 bits per heavy atom. The summed E-state index contributed by atoms with van der Waals surface area (Å²) < 4.78 is 13.1. The minimum Gasteiger partial charge on any atom is -0.356 e. The number of hydrogen-bond donors (Lipinski definition) is 1. The van der Waals surface area contributed by atoms with Gasteiger partial charge in [-0.25, -0.2) is 4.39 Å². The lowest BCUT2D eigenvalue weighted by Gasteiger charge is -2.23. The van der Waals surface area contributed by atoms with Crippen molar-refractivity contribution in [3.8, 4) is 0 Å². The minimum atomic E-state index is -0.173. The summed E-state index contributed by atoms with van der Waals surface area (Å²) in [5, 5.41) is 3.37. The van der Waals surface area contributed by atoms with E-state index in [0.29, 0.717) is 5.41 Å². The SMILES string of the molecule is CN=C(NCCc1cccc(F)c1)N1CCC(C)(C)C1. The van der Waals surface area contributed by atoms with Gasteiger partial charge >= 0.3 is 0 Å². The Hall–Kier alpha value is -1.58. The fourth-order valence-electron chi connectivity index (χ4n) is 2.64. The average Bonchev–Trinajstić information content (AvgIpc) is 2.75. The maximum Gasteiger partial charge on any atom is 0.193 e. The number of hydrogen-bond acceptors (Lipinski definition) is 1. The highest BCUT2D eigenvalue weighted by Gasteiger charge is 2.30. The van der Waals surface area contributed by atoms with Crippen molar-refractivity contribution in [3.63, 3.8) is 0 Å². The number of aliphatic imine (C=N–C) groups is 1. The van der Waals surface area contributed by atoms with E-state index in [1.807, 2.05) is 13.1 Å². The third kappa shape index (κ3) is 3.95. The number of likely N-dealkylation sites (tertiary alicyclic amines) is 1. The zero-order valence-electron chi connectivity index (χ0n) is 12.6. The van der Waals surface area contributed by atoms with Gasteiger partial charge in [-0.2, -0.15) is 0 Å². The zero-order chi connectivity index (χ0) is 14.6. The van der Waals surface area contributed by atoms with Gasteiger partial charge in [0.2, 0.25) is 0 Å². The predicted molar refractivity (Wildman–Crippen MR) is 81.4 cm³/mol. The first kappa shape index (κ1) is 14.8. The average molecular weight is 277 g/mol. The van der Waals surface area contributed by atoms with Crippen LogP contribution >= 0.6 is 0 Å². The maximum atomic E-state index is 13.1. The highest BCUT2D eigenvalue weighted by atomic mass is 19.1. The summed E-state index contributed by atoms with van der Waals surface area (Å²) in [6.45, 7) is 7.42. The first-order valence-corrected chi connectivity index (χ1v) is 7.20. The van der Waals surface area contributed by atoms with Crippen LogP contribution in [0.2, 0.25) is 0 Å². The van der Waals surface area contributed by atoms with Crippen LogP contribution in [0.5, 0.6) is 0 Å². The van der Waals surface area contributed by atoms with E-state index in [1.165, 1.54) is 12.5 Å². The van der Waals surface area contributed by atoms with Gasteiger partial charge in [-0.05, 0) is 36.0 Å². The lowest BCUT2D eigenvalue weighted by atomic mass is 9.93. The summed E-state index contributed by atoms with van der Waals surface area (Å²) in [6.07, 6.45) is 1.99. The largest absolute Gasteiger partial charge is 0.356 e. The van der Waals surface area contributed by atoms with Crippen LogP contribution in [0.15, 0.2) is 29.3 Å². The van der Waals surface area contributed by atoms with E-state index in [9.17, 15) is 4.39 Å². The van der Waals surface area contributed by atoms with Crippen molar-refractivity contribution in [1.29, 1.82) is 0 Å². The smallest absolute Gasteiger partial charge is 0.193 e. The molecule has 1 fully saturated rings. The van der Waals surface area contributed by atoms with E-state index >= 15 is 0 Å². The topological polar surface area (TPSA) is 27.6 Å². The van der Waals surface area contributed by atoms with Gasteiger partial charge in [0.25, 0.3) is 0 Å². The first-order chi connectivity index (χ1) is 9.50. The number of nitrogens with one attached hydrogen (secondary N) is 1. The van der Waals surface area contributed by atoms with Crippen molar-refractivity contribution in [2.45, 2.75) is 26.7 Å². The number of halogens is 1. The second-order valence-corrected chi connectivity index (χ2v) is 6.19. The Kier molecular flexibility index (Phi) is 4.63. The van der Waals surface area contributed by atoms with E-state index < -0.39 is 0 Å². The van der Waals surface area contributed by atoms with Crippen molar-refractivity contribution in [2.24, 2.45) is 10.4 Å². The monoisotopic (exact) mass is 277 g/mol. The molecule has 0 unspecified atom stereocenters. The number of nitrogens with zero attached hydrogens (tertiary/aromatic N) is 2. The summed E-state index contributed by atoms with van der Waals surface area (Å²) in [7, 11) is 1.82. The molecule has 0 bridgehead atoms. The Labute approximate surface area is 120 Å². The van der Waals surface area contributed by atoms with Crippen LogP contribution in [0.25, 0.3) is 0 Å². The van der Waals surface area contributed by atoms with Crippen LogP contribution in [0.1, 0.15) is 25.8 Å². The second-order valence-electron chi connectivity index (χ2n) is 6.19. The second kappa shape index (κ2) is 6.25. The third-order valence-electron chi connectivity index (χ3n) is 3.77. The Morgan fingerprint density at radius 2 is 2.25 bits per heavy atom. The molecule has 20 heavy (non-hydrogen) atoms. The molecule has 4 heteroatoms. The van der Waals surface area contributed by atoms with Crippen molar-refractivity contribution < 1.29 is 4.39 Å². The molecule has 3 nitrogen and oxygen atoms in total. The van der Waals surface area contributed by atoms with Crippen molar-refractivity contribution in [1.82, 2.24) is 10.2 Å². The normalized spacial score (nSPS) is 18.4. The van der Waals surface area contributed by atoms with E-state index in [1.54, 1.807) is 12.1 Å². The fraction of sp³-hybridized carbons (Fsp3) is 0.562. The molecule has 110 valence electrons.